The number of carbonyl (C=O) groups is 1. The van der Waals surface area contributed by atoms with Crippen LogP contribution in [0.15, 0.2) is 41.6 Å². The maximum Gasteiger partial charge on any atom is 0.165 e. The second-order valence-electron chi connectivity index (χ2n) is 7.95. The monoisotopic (exact) mass is 447 g/mol. The van der Waals surface area contributed by atoms with Gasteiger partial charge < -0.3 is 4.84 Å². The zero-order valence-electron chi connectivity index (χ0n) is 16.5. The van der Waals surface area contributed by atoms with Gasteiger partial charge in [0, 0.05) is 34.0 Å². The molecule has 0 aromatic heterocycles. The van der Waals surface area contributed by atoms with E-state index in [2.05, 4.69) is 18.1 Å². The molecule has 0 saturated carbocycles. The van der Waals surface area contributed by atoms with Crippen molar-refractivity contribution in [2.45, 2.75) is 38.7 Å². The predicted octanol–water partition coefficient (Wildman–Crippen LogP) is 6.53. The van der Waals surface area contributed by atoms with Gasteiger partial charge in [-0.25, -0.2) is 0 Å². The molecule has 1 unspecified atom stereocenters. The SMILES string of the molecule is CCc1cc(C2=NOC(C)(c3cc(Cl)cc(Cl)c3)C2)ccc1C(=O)CC1CSC1. The van der Waals surface area contributed by atoms with E-state index in [-0.39, 0.29) is 5.78 Å². The molecule has 2 aliphatic heterocycles. The highest BCUT2D eigenvalue weighted by Crippen LogP contribution is 2.38. The molecular weight excluding hydrogens is 425 g/mol. The normalized spacial score (nSPS) is 21.4. The Morgan fingerprint density at radius 1 is 1.21 bits per heavy atom. The van der Waals surface area contributed by atoms with Gasteiger partial charge in [0.15, 0.2) is 11.4 Å². The first kappa shape index (κ1) is 20.8. The Kier molecular flexibility index (Phi) is 5.97. The number of halogens is 2. The summed E-state index contributed by atoms with van der Waals surface area (Å²) in [5.74, 6) is 2.99. The van der Waals surface area contributed by atoms with Crippen molar-refractivity contribution in [1.82, 2.24) is 0 Å². The van der Waals surface area contributed by atoms with Gasteiger partial charge in [-0.2, -0.15) is 11.8 Å². The minimum atomic E-state index is -0.618. The molecule has 29 heavy (non-hydrogen) atoms. The number of benzene rings is 2. The van der Waals surface area contributed by atoms with Crippen LogP contribution >= 0.6 is 35.0 Å². The van der Waals surface area contributed by atoms with Gasteiger partial charge in [-0.1, -0.05) is 47.4 Å². The van der Waals surface area contributed by atoms with Crippen LogP contribution < -0.4 is 0 Å². The second-order valence-corrected chi connectivity index (χ2v) is 9.90. The van der Waals surface area contributed by atoms with Gasteiger partial charge in [-0.15, -0.1) is 0 Å². The van der Waals surface area contributed by atoms with E-state index < -0.39 is 5.60 Å². The third-order valence-electron chi connectivity index (χ3n) is 5.64. The lowest BCUT2D eigenvalue weighted by Crippen LogP contribution is -2.23. The number of hydrogen-bond donors (Lipinski definition) is 0. The minimum absolute atomic E-state index is 0.252. The Morgan fingerprint density at radius 2 is 1.93 bits per heavy atom. The van der Waals surface area contributed by atoms with E-state index in [9.17, 15) is 4.79 Å². The summed E-state index contributed by atoms with van der Waals surface area (Å²) >= 11 is 14.3. The van der Waals surface area contributed by atoms with Crippen LogP contribution in [0.2, 0.25) is 10.0 Å². The number of oxime groups is 1. The quantitative estimate of drug-likeness (QED) is 0.472. The van der Waals surface area contributed by atoms with Crippen molar-refractivity contribution in [3.63, 3.8) is 0 Å². The van der Waals surface area contributed by atoms with Gasteiger partial charge in [0.25, 0.3) is 0 Å². The molecule has 2 heterocycles. The first-order valence-electron chi connectivity index (χ1n) is 9.84. The molecule has 2 aromatic carbocycles. The van der Waals surface area contributed by atoms with E-state index in [1.165, 1.54) is 0 Å². The summed E-state index contributed by atoms with van der Waals surface area (Å²) < 4.78 is 0. The van der Waals surface area contributed by atoms with Crippen LogP contribution in [0.5, 0.6) is 0 Å². The molecule has 4 rings (SSSR count). The van der Waals surface area contributed by atoms with Gasteiger partial charge in [-0.3, -0.25) is 4.79 Å². The molecule has 1 saturated heterocycles. The summed E-state index contributed by atoms with van der Waals surface area (Å²) in [4.78, 5) is 18.6. The number of Topliss-reactive ketones (excluding diaryl/α,β-unsaturated/α-hetero) is 1. The molecule has 1 fully saturated rings. The molecule has 2 aromatic rings. The fourth-order valence-electron chi connectivity index (χ4n) is 3.82. The van der Waals surface area contributed by atoms with E-state index >= 15 is 0 Å². The Bertz CT molecular complexity index is 967. The summed E-state index contributed by atoms with van der Waals surface area (Å²) in [5.41, 5.74) is 4.06. The lowest BCUT2D eigenvalue weighted by Gasteiger charge is -2.24. The molecule has 0 aliphatic carbocycles. The molecule has 0 amide bonds. The first-order chi connectivity index (χ1) is 13.9. The van der Waals surface area contributed by atoms with Gasteiger partial charge >= 0.3 is 0 Å². The van der Waals surface area contributed by atoms with Crippen molar-refractivity contribution in [2.75, 3.05) is 11.5 Å². The number of nitrogens with zero attached hydrogens (tertiary/aromatic N) is 1. The number of carbonyl (C=O) groups excluding carboxylic acids is 1. The number of rotatable bonds is 6. The van der Waals surface area contributed by atoms with Crippen LogP contribution in [0, 0.1) is 5.92 Å². The molecule has 6 heteroatoms. The first-order valence-corrected chi connectivity index (χ1v) is 11.7. The zero-order valence-corrected chi connectivity index (χ0v) is 18.8. The zero-order chi connectivity index (χ0) is 20.6. The van der Waals surface area contributed by atoms with Crippen LogP contribution in [0.1, 0.15) is 53.7 Å². The smallest absolute Gasteiger partial charge is 0.165 e. The van der Waals surface area contributed by atoms with Crippen molar-refractivity contribution in [3.8, 4) is 0 Å². The van der Waals surface area contributed by atoms with E-state index in [1.54, 1.807) is 6.07 Å². The third kappa shape index (κ3) is 4.35. The van der Waals surface area contributed by atoms with Crippen molar-refractivity contribution in [2.24, 2.45) is 11.1 Å². The standard InChI is InChI=1S/C23H23Cl2NO2S/c1-3-15-7-16(4-5-20(15)22(27)6-14-12-29-13-14)21-11-23(2,28-26-21)17-8-18(24)10-19(25)9-17/h4-5,7-10,14H,3,6,11-13H2,1-2H3. The van der Waals surface area contributed by atoms with E-state index in [4.69, 9.17) is 28.0 Å². The summed E-state index contributed by atoms with van der Waals surface area (Å²) in [7, 11) is 0. The largest absolute Gasteiger partial charge is 0.384 e. The summed E-state index contributed by atoms with van der Waals surface area (Å²) in [6.07, 6.45) is 2.07. The topological polar surface area (TPSA) is 38.7 Å². The number of aryl methyl sites for hydroxylation is 1. The van der Waals surface area contributed by atoms with Crippen LogP contribution in [-0.2, 0) is 16.9 Å². The minimum Gasteiger partial charge on any atom is -0.384 e. The molecule has 152 valence electrons. The van der Waals surface area contributed by atoms with E-state index in [0.717, 1.165) is 45.9 Å². The summed E-state index contributed by atoms with van der Waals surface area (Å²) in [6.45, 7) is 4.07. The van der Waals surface area contributed by atoms with Crippen molar-refractivity contribution >= 4 is 46.5 Å². The second kappa shape index (κ2) is 8.33. The molecule has 3 nitrogen and oxygen atoms in total. The Hall–Kier alpha value is -1.49. The molecule has 0 spiro atoms. The van der Waals surface area contributed by atoms with Gasteiger partial charge in [0.2, 0.25) is 0 Å². The fraction of sp³-hybridized carbons (Fsp3) is 0.391. The maximum absolute atomic E-state index is 12.7. The maximum atomic E-state index is 12.7. The van der Waals surface area contributed by atoms with Gasteiger partial charge in [-0.05, 0) is 66.2 Å². The highest BCUT2D eigenvalue weighted by molar-refractivity contribution is 8.00. The highest BCUT2D eigenvalue weighted by Gasteiger charge is 2.37. The number of thioether (sulfide) groups is 1. The predicted molar refractivity (Wildman–Crippen MR) is 122 cm³/mol. The Balaban J connectivity index is 1.55. The third-order valence-corrected chi connectivity index (χ3v) is 7.49. The van der Waals surface area contributed by atoms with Gasteiger partial charge in [0.1, 0.15) is 0 Å². The lowest BCUT2D eigenvalue weighted by molar-refractivity contribution is -0.00737. The number of hydrogen-bond acceptors (Lipinski definition) is 4. The summed E-state index contributed by atoms with van der Waals surface area (Å²) in [6, 6.07) is 11.5. The van der Waals surface area contributed by atoms with Crippen molar-refractivity contribution in [3.05, 3.63) is 68.7 Å². The van der Waals surface area contributed by atoms with E-state index in [1.807, 2.05) is 43.0 Å². The lowest BCUT2D eigenvalue weighted by atomic mass is 9.87. The average molecular weight is 448 g/mol. The molecule has 1 atom stereocenters. The van der Waals surface area contributed by atoms with Crippen LogP contribution in [0.25, 0.3) is 0 Å². The van der Waals surface area contributed by atoms with Crippen molar-refractivity contribution in [1.29, 1.82) is 0 Å². The summed E-state index contributed by atoms with van der Waals surface area (Å²) in [5, 5.41) is 5.51. The average Bonchev–Trinajstić information content (AvgIpc) is 3.07. The van der Waals surface area contributed by atoms with E-state index in [0.29, 0.717) is 28.8 Å². The Morgan fingerprint density at radius 3 is 2.55 bits per heavy atom. The van der Waals surface area contributed by atoms with Crippen LogP contribution in [-0.4, -0.2) is 23.0 Å². The van der Waals surface area contributed by atoms with Crippen LogP contribution in [0.3, 0.4) is 0 Å². The molecule has 0 bridgehead atoms. The molecule has 0 radical (unpaired) electrons. The Labute approximate surface area is 185 Å². The van der Waals surface area contributed by atoms with Crippen molar-refractivity contribution < 1.29 is 9.63 Å². The molecular formula is C23H23Cl2NO2S. The molecule has 0 N–H and O–H groups in total. The highest BCUT2D eigenvalue weighted by atomic mass is 35.5. The molecule has 2 aliphatic rings. The number of ketones is 1. The van der Waals surface area contributed by atoms with Gasteiger partial charge in [0.05, 0.1) is 5.71 Å². The van der Waals surface area contributed by atoms with Crippen LogP contribution in [0.4, 0.5) is 0 Å². The fourth-order valence-corrected chi connectivity index (χ4v) is 5.15.